The molecule has 0 saturated carbocycles. The van der Waals surface area contributed by atoms with Crippen molar-refractivity contribution in [2.45, 2.75) is 45.1 Å². The maximum Gasteiger partial charge on any atom is 0.270 e. The van der Waals surface area contributed by atoms with Gasteiger partial charge in [0.25, 0.3) is 11.5 Å². The second-order valence-corrected chi connectivity index (χ2v) is 8.60. The number of nitrogens with one attached hydrogen (secondary N) is 1. The summed E-state index contributed by atoms with van der Waals surface area (Å²) in [5.41, 5.74) is 3.94. The molecule has 0 spiro atoms. The number of carbonyl (C=O) groups is 1. The molecule has 8 heteroatoms. The Hall–Kier alpha value is -3.55. The Labute approximate surface area is 192 Å². The van der Waals surface area contributed by atoms with E-state index in [1.165, 1.54) is 10.7 Å². The van der Waals surface area contributed by atoms with Gasteiger partial charge in [0.15, 0.2) is 0 Å². The molecule has 33 heavy (non-hydrogen) atoms. The van der Waals surface area contributed by atoms with Crippen LogP contribution in [0.4, 0.5) is 5.95 Å². The van der Waals surface area contributed by atoms with Gasteiger partial charge < -0.3 is 10.2 Å². The Kier molecular flexibility index (Phi) is 6.15. The number of amides is 1. The highest BCUT2D eigenvalue weighted by Gasteiger charge is 2.25. The molecule has 1 aromatic carbocycles. The van der Waals surface area contributed by atoms with E-state index in [2.05, 4.69) is 20.3 Å². The topological polar surface area (TPSA) is 93.0 Å². The lowest BCUT2D eigenvalue weighted by atomic mass is 9.94. The molecule has 2 aliphatic rings. The lowest BCUT2D eigenvalue weighted by molar-refractivity contribution is 0.0945. The highest BCUT2D eigenvalue weighted by Crippen LogP contribution is 2.26. The summed E-state index contributed by atoms with van der Waals surface area (Å²) in [6, 6.07) is 13.0. The number of benzene rings is 1. The number of aryl methyl sites for hydroxylation is 1. The molecule has 0 bridgehead atoms. The molecule has 3 heterocycles. The van der Waals surface area contributed by atoms with Crippen LogP contribution in [0.1, 0.15) is 47.4 Å². The van der Waals surface area contributed by atoms with Gasteiger partial charge >= 0.3 is 0 Å². The van der Waals surface area contributed by atoms with Crippen molar-refractivity contribution in [3.8, 4) is 11.3 Å². The second-order valence-electron chi connectivity index (χ2n) is 8.60. The van der Waals surface area contributed by atoms with Crippen LogP contribution in [0.25, 0.3) is 11.3 Å². The average Bonchev–Trinajstić information content (AvgIpc) is 3.40. The van der Waals surface area contributed by atoms with Gasteiger partial charge in [-0.1, -0.05) is 30.3 Å². The molecule has 0 atom stereocenters. The molecule has 1 N–H and O–H groups in total. The largest absolute Gasteiger partial charge is 0.349 e. The first-order valence-electron chi connectivity index (χ1n) is 11.8. The third-order valence-corrected chi connectivity index (χ3v) is 6.32. The van der Waals surface area contributed by atoms with Crippen LogP contribution in [0.2, 0.25) is 0 Å². The Morgan fingerprint density at radius 3 is 2.55 bits per heavy atom. The number of nitrogens with zero attached hydrogens (tertiary/aromatic N) is 5. The van der Waals surface area contributed by atoms with Crippen LogP contribution in [0, 0.1) is 0 Å². The molecule has 1 amide bonds. The minimum Gasteiger partial charge on any atom is -0.349 e. The van der Waals surface area contributed by atoms with Gasteiger partial charge in [0.05, 0.1) is 12.2 Å². The Bertz CT molecular complexity index is 1200. The lowest BCUT2D eigenvalue weighted by Crippen LogP contribution is -2.34. The number of aromatic nitrogens is 4. The molecule has 0 unspecified atom stereocenters. The van der Waals surface area contributed by atoms with Gasteiger partial charge in [-0.3, -0.25) is 9.59 Å². The number of hydrogen-bond acceptors (Lipinski definition) is 6. The van der Waals surface area contributed by atoms with Gasteiger partial charge in [0.1, 0.15) is 5.69 Å². The summed E-state index contributed by atoms with van der Waals surface area (Å²) >= 11 is 0. The molecule has 1 saturated heterocycles. The van der Waals surface area contributed by atoms with Crippen LogP contribution in [0.3, 0.4) is 0 Å². The van der Waals surface area contributed by atoms with Crippen LogP contribution in [-0.4, -0.2) is 45.3 Å². The fourth-order valence-corrected chi connectivity index (χ4v) is 4.56. The molecule has 1 aliphatic heterocycles. The predicted octanol–water partition coefficient (Wildman–Crippen LogP) is 2.61. The summed E-state index contributed by atoms with van der Waals surface area (Å²) in [4.78, 5) is 37.1. The van der Waals surface area contributed by atoms with Crippen molar-refractivity contribution in [3.05, 3.63) is 69.8 Å². The maximum absolute atomic E-state index is 13.1. The van der Waals surface area contributed by atoms with Crippen LogP contribution >= 0.6 is 0 Å². The van der Waals surface area contributed by atoms with Crippen LogP contribution < -0.4 is 15.8 Å². The summed E-state index contributed by atoms with van der Waals surface area (Å²) in [6.45, 7) is 2.46. The van der Waals surface area contributed by atoms with Crippen molar-refractivity contribution < 1.29 is 4.79 Å². The van der Waals surface area contributed by atoms with Crippen molar-refractivity contribution in [3.63, 3.8) is 0 Å². The Morgan fingerprint density at radius 2 is 1.73 bits per heavy atom. The van der Waals surface area contributed by atoms with E-state index in [1.807, 2.05) is 30.3 Å². The van der Waals surface area contributed by atoms with Crippen molar-refractivity contribution in [2.75, 3.05) is 24.5 Å². The molecular formula is C25H28N6O2. The SMILES string of the molecule is O=C(NCCn1nc(-c2ccccc2)ccc1=O)c1nc(N2CCCC2)nc2c1CCCC2. The normalized spacial score (nSPS) is 15.3. The van der Waals surface area contributed by atoms with E-state index in [1.54, 1.807) is 6.07 Å². The number of anilines is 1. The molecule has 3 aromatic rings. The fourth-order valence-electron chi connectivity index (χ4n) is 4.56. The zero-order valence-electron chi connectivity index (χ0n) is 18.7. The molecule has 5 rings (SSSR count). The minimum absolute atomic E-state index is 0.195. The average molecular weight is 445 g/mol. The summed E-state index contributed by atoms with van der Waals surface area (Å²) in [7, 11) is 0. The minimum atomic E-state index is -0.205. The fraction of sp³-hybridized carbons (Fsp3) is 0.400. The van der Waals surface area contributed by atoms with Gasteiger partial charge in [-0.05, 0) is 44.6 Å². The standard InChI is InChI=1S/C25H28N6O2/c32-22-13-12-20(18-8-2-1-3-9-18)29-31(22)17-14-26-24(33)23-19-10-4-5-11-21(19)27-25(28-23)30-15-6-7-16-30/h1-3,8-9,12-13H,4-7,10-11,14-17H2,(H,26,33). The van der Waals surface area contributed by atoms with Gasteiger partial charge in [-0.15, -0.1) is 0 Å². The lowest BCUT2D eigenvalue weighted by Gasteiger charge is -2.22. The van der Waals surface area contributed by atoms with Crippen molar-refractivity contribution in [1.29, 1.82) is 0 Å². The number of rotatable bonds is 6. The first-order chi connectivity index (χ1) is 16.2. The number of carbonyl (C=O) groups excluding carboxylic acids is 1. The van der Waals surface area contributed by atoms with Gasteiger partial charge in [-0.2, -0.15) is 5.10 Å². The second kappa shape index (κ2) is 9.52. The van der Waals surface area contributed by atoms with Crippen molar-refractivity contribution in [1.82, 2.24) is 25.1 Å². The first-order valence-corrected chi connectivity index (χ1v) is 11.8. The monoisotopic (exact) mass is 444 g/mol. The third-order valence-electron chi connectivity index (χ3n) is 6.32. The van der Waals surface area contributed by atoms with E-state index in [0.717, 1.165) is 74.1 Å². The Balaban J connectivity index is 1.32. The van der Waals surface area contributed by atoms with Crippen molar-refractivity contribution >= 4 is 11.9 Å². The zero-order chi connectivity index (χ0) is 22.6. The molecule has 1 aliphatic carbocycles. The molecule has 1 fully saturated rings. The summed E-state index contributed by atoms with van der Waals surface area (Å²) in [5, 5.41) is 7.42. The molecule has 8 nitrogen and oxygen atoms in total. The maximum atomic E-state index is 13.1. The van der Waals surface area contributed by atoms with Gasteiger partial charge in [0, 0.05) is 42.5 Å². The van der Waals surface area contributed by atoms with Crippen molar-refractivity contribution in [2.24, 2.45) is 0 Å². The van der Waals surface area contributed by atoms with E-state index in [0.29, 0.717) is 18.2 Å². The highest BCUT2D eigenvalue weighted by atomic mass is 16.2. The van der Waals surface area contributed by atoms with Gasteiger partial charge in [0.2, 0.25) is 5.95 Å². The summed E-state index contributed by atoms with van der Waals surface area (Å²) in [6.07, 6.45) is 6.13. The zero-order valence-corrected chi connectivity index (χ0v) is 18.7. The number of fused-ring (bicyclic) bond motifs is 1. The van der Waals surface area contributed by atoms with E-state index in [9.17, 15) is 9.59 Å². The Morgan fingerprint density at radius 1 is 0.939 bits per heavy atom. The summed E-state index contributed by atoms with van der Waals surface area (Å²) in [5.74, 6) is 0.468. The van der Waals surface area contributed by atoms with Crippen LogP contribution in [0.5, 0.6) is 0 Å². The third kappa shape index (κ3) is 4.65. The van der Waals surface area contributed by atoms with E-state index in [4.69, 9.17) is 4.98 Å². The highest BCUT2D eigenvalue weighted by molar-refractivity contribution is 5.94. The van der Waals surface area contributed by atoms with E-state index in [-0.39, 0.29) is 18.0 Å². The van der Waals surface area contributed by atoms with Gasteiger partial charge in [-0.25, -0.2) is 14.6 Å². The predicted molar refractivity (Wildman–Crippen MR) is 126 cm³/mol. The van der Waals surface area contributed by atoms with Crippen LogP contribution in [0.15, 0.2) is 47.3 Å². The molecule has 170 valence electrons. The number of hydrogen-bond donors (Lipinski definition) is 1. The smallest absolute Gasteiger partial charge is 0.270 e. The van der Waals surface area contributed by atoms with Crippen LogP contribution in [-0.2, 0) is 19.4 Å². The summed E-state index contributed by atoms with van der Waals surface area (Å²) < 4.78 is 1.40. The molecular weight excluding hydrogens is 416 g/mol. The first kappa shape index (κ1) is 21.3. The van der Waals surface area contributed by atoms with E-state index < -0.39 is 0 Å². The quantitative estimate of drug-likeness (QED) is 0.628. The molecule has 0 radical (unpaired) electrons. The van der Waals surface area contributed by atoms with E-state index >= 15 is 0 Å². The molecule has 2 aromatic heterocycles.